The molecular formula is C17H22O2. The minimum atomic E-state index is 0.452. The van der Waals surface area contributed by atoms with Crippen LogP contribution in [-0.4, -0.2) is 10.2 Å². The molecule has 0 spiro atoms. The van der Waals surface area contributed by atoms with E-state index in [4.69, 9.17) is 0 Å². The molecule has 2 unspecified atom stereocenters. The molecule has 0 amide bonds. The second kappa shape index (κ2) is 4.16. The first-order valence-electron chi connectivity index (χ1n) is 7.81. The molecule has 1 aromatic rings. The molecule has 0 heterocycles. The van der Waals surface area contributed by atoms with Gasteiger partial charge in [-0.3, -0.25) is 0 Å². The molecule has 3 aliphatic rings. The molecule has 0 radical (unpaired) electrons. The number of hydrogen-bond acceptors (Lipinski definition) is 2. The highest BCUT2D eigenvalue weighted by molar-refractivity contribution is 5.59. The van der Waals surface area contributed by atoms with Crippen molar-refractivity contribution in [2.75, 3.05) is 0 Å². The molecule has 0 aromatic heterocycles. The largest absolute Gasteiger partial charge is 0.508 e. The van der Waals surface area contributed by atoms with E-state index in [0.717, 1.165) is 29.5 Å². The second-order valence-corrected chi connectivity index (χ2v) is 6.79. The maximum absolute atomic E-state index is 10.6. The van der Waals surface area contributed by atoms with E-state index in [2.05, 4.69) is 0 Å². The fourth-order valence-corrected chi connectivity index (χ4v) is 4.78. The van der Waals surface area contributed by atoms with Gasteiger partial charge in [-0.15, -0.1) is 0 Å². The van der Waals surface area contributed by atoms with E-state index < -0.39 is 0 Å². The first kappa shape index (κ1) is 11.6. The average Bonchev–Trinajstić information content (AvgIpc) is 3.11. The maximum Gasteiger partial charge on any atom is 0.122 e. The number of hydrogen-bond donors (Lipinski definition) is 2. The molecule has 3 aliphatic carbocycles. The summed E-state index contributed by atoms with van der Waals surface area (Å²) in [7, 11) is 0. The Labute approximate surface area is 114 Å². The molecule has 2 N–H and O–H groups in total. The molecule has 2 atom stereocenters. The Morgan fingerprint density at radius 2 is 1.63 bits per heavy atom. The van der Waals surface area contributed by atoms with Gasteiger partial charge >= 0.3 is 0 Å². The summed E-state index contributed by atoms with van der Waals surface area (Å²) in [6, 6.07) is 1.85. The number of rotatable bonds is 2. The summed E-state index contributed by atoms with van der Waals surface area (Å²) in [6.07, 6.45) is 9.68. The Balaban J connectivity index is 1.73. The molecule has 2 bridgehead atoms. The van der Waals surface area contributed by atoms with Gasteiger partial charge in [0.05, 0.1) is 0 Å². The lowest BCUT2D eigenvalue weighted by Crippen LogP contribution is -2.04. The summed E-state index contributed by atoms with van der Waals surface area (Å²) in [6.45, 7) is 0. The molecule has 1 aromatic carbocycles. The van der Waals surface area contributed by atoms with Gasteiger partial charge < -0.3 is 10.2 Å². The minimum absolute atomic E-state index is 0.452. The van der Waals surface area contributed by atoms with Gasteiger partial charge in [0, 0.05) is 11.1 Å². The zero-order valence-electron chi connectivity index (χ0n) is 11.4. The highest BCUT2D eigenvalue weighted by Crippen LogP contribution is 2.59. The Hall–Kier alpha value is -1.18. The zero-order chi connectivity index (χ0) is 13.0. The van der Waals surface area contributed by atoms with Crippen molar-refractivity contribution in [3.05, 3.63) is 22.8 Å². The lowest BCUT2D eigenvalue weighted by atomic mass is 9.86. The SMILES string of the molecule is Oc1cc(CC2CCCC2)c(O)c2c1C1CCC2C1. The Kier molecular flexibility index (Phi) is 2.54. The van der Waals surface area contributed by atoms with Crippen LogP contribution in [0.1, 0.15) is 73.5 Å². The Bertz CT molecular complexity index is 514. The summed E-state index contributed by atoms with van der Waals surface area (Å²) < 4.78 is 0. The summed E-state index contributed by atoms with van der Waals surface area (Å²) >= 11 is 0. The molecule has 2 fully saturated rings. The lowest BCUT2D eigenvalue weighted by Gasteiger charge is -2.21. The summed E-state index contributed by atoms with van der Waals surface area (Å²) in [5.41, 5.74) is 3.17. The number of fused-ring (bicyclic) bond motifs is 5. The van der Waals surface area contributed by atoms with Gasteiger partial charge in [-0.1, -0.05) is 25.7 Å². The van der Waals surface area contributed by atoms with Gasteiger partial charge in [0.2, 0.25) is 0 Å². The molecule has 2 heteroatoms. The van der Waals surface area contributed by atoms with Gasteiger partial charge in [0.25, 0.3) is 0 Å². The Morgan fingerprint density at radius 1 is 0.947 bits per heavy atom. The molecule has 0 aliphatic heterocycles. The van der Waals surface area contributed by atoms with Gasteiger partial charge in [-0.05, 0) is 55.1 Å². The maximum atomic E-state index is 10.6. The molecule has 4 rings (SSSR count). The van der Waals surface area contributed by atoms with Crippen LogP contribution in [0.2, 0.25) is 0 Å². The highest BCUT2D eigenvalue weighted by atomic mass is 16.3. The quantitative estimate of drug-likeness (QED) is 0.781. The van der Waals surface area contributed by atoms with Crippen molar-refractivity contribution in [1.29, 1.82) is 0 Å². The van der Waals surface area contributed by atoms with Crippen molar-refractivity contribution in [3.8, 4) is 11.5 Å². The first-order valence-corrected chi connectivity index (χ1v) is 7.81. The third-order valence-corrected chi connectivity index (χ3v) is 5.67. The van der Waals surface area contributed by atoms with Gasteiger partial charge in [0.1, 0.15) is 11.5 Å². The highest BCUT2D eigenvalue weighted by Gasteiger charge is 2.41. The molecule has 19 heavy (non-hydrogen) atoms. The summed E-state index contributed by atoms with van der Waals surface area (Å²) in [4.78, 5) is 0. The minimum Gasteiger partial charge on any atom is -0.508 e. The van der Waals surface area contributed by atoms with Crippen LogP contribution >= 0.6 is 0 Å². The third-order valence-electron chi connectivity index (χ3n) is 5.67. The number of aromatic hydroxyl groups is 2. The van der Waals surface area contributed by atoms with E-state index >= 15 is 0 Å². The van der Waals surface area contributed by atoms with E-state index in [1.807, 2.05) is 6.07 Å². The predicted octanol–water partition coefficient (Wildman–Crippen LogP) is 4.20. The van der Waals surface area contributed by atoms with Crippen LogP contribution in [0.4, 0.5) is 0 Å². The van der Waals surface area contributed by atoms with Crippen LogP contribution < -0.4 is 0 Å². The van der Waals surface area contributed by atoms with E-state index in [0.29, 0.717) is 29.3 Å². The molecule has 2 nitrogen and oxygen atoms in total. The van der Waals surface area contributed by atoms with Crippen LogP contribution in [0.5, 0.6) is 11.5 Å². The van der Waals surface area contributed by atoms with Gasteiger partial charge in [-0.2, -0.15) is 0 Å². The monoisotopic (exact) mass is 258 g/mol. The van der Waals surface area contributed by atoms with Crippen molar-refractivity contribution < 1.29 is 10.2 Å². The lowest BCUT2D eigenvalue weighted by molar-refractivity contribution is 0.428. The normalized spacial score (nSPS) is 29.1. The van der Waals surface area contributed by atoms with Gasteiger partial charge in [-0.25, -0.2) is 0 Å². The van der Waals surface area contributed by atoms with Crippen LogP contribution in [-0.2, 0) is 6.42 Å². The third kappa shape index (κ3) is 1.69. The Morgan fingerprint density at radius 3 is 2.37 bits per heavy atom. The summed E-state index contributed by atoms with van der Waals surface area (Å²) in [5.74, 6) is 2.70. The van der Waals surface area contributed by atoms with E-state index in [-0.39, 0.29) is 0 Å². The van der Waals surface area contributed by atoms with Gasteiger partial charge in [0.15, 0.2) is 0 Å². The topological polar surface area (TPSA) is 40.5 Å². The number of phenolic OH excluding ortho intramolecular Hbond substituents is 2. The molecule has 0 saturated heterocycles. The van der Waals surface area contributed by atoms with Crippen molar-refractivity contribution in [3.63, 3.8) is 0 Å². The number of phenols is 2. The average molecular weight is 258 g/mol. The van der Waals surface area contributed by atoms with Crippen LogP contribution in [0.15, 0.2) is 6.07 Å². The van der Waals surface area contributed by atoms with E-state index in [1.165, 1.54) is 38.5 Å². The van der Waals surface area contributed by atoms with Crippen LogP contribution in [0, 0.1) is 5.92 Å². The van der Waals surface area contributed by atoms with Crippen molar-refractivity contribution in [2.45, 2.75) is 63.2 Å². The second-order valence-electron chi connectivity index (χ2n) is 6.79. The molecular weight excluding hydrogens is 236 g/mol. The van der Waals surface area contributed by atoms with E-state index in [1.54, 1.807) is 0 Å². The van der Waals surface area contributed by atoms with Crippen molar-refractivity contribution >= 4 is 0 Å². The first-order chi connectivity index (χ1) is 9.24. The summed E-state index contributed by atoms with van der Waals surface area (Å²) in [5, 5.41) is 20.9. The molecule has 102 valence electrons. The van der Waals surface area contributed by atoms with Crippen LogP contribution in [0.25, 0.3) is 0 Å². The standard InChI is InChI=1S/C17H22O2/c18-14-9-13(7-10-3-1-2-4-10)17(19)16-12-6-5-11(8-12)15(14)16/h9-12,18-19H,1-8H2. The molecule has 2 saturated carbocycles. The smallest absolute Gasteiger partial charge is 0.122 e. The van der Waals surface area contributed by atoms with Crippen molar-refractivity contribution in [2.24, 2.45) is 5.92 Å². The number of benzene rings is 1. The predicted molar refractivity (Wildman–Crippen MR) is 74.8 cm³/mol. The fourth-order valence-electron chi connectivity index (χ4n) is 4.78. The van der Waals surface area contributed by atoms with E-state index in [9.17, 15) is 10.2 Å². The zero-order valence-corrected chi connectivity index (χ0v) is 11.4. The van der Waals surface area contributed by atoms with Crippen LogP contribution in [0.3, 0.4) is 0 Å². The fraction of sp³-hybridized carbons (Fsp3) is 0.647. The van der Waals surface area contributed by atoms with Crippen molar-refractivity contribution in [1.82, 2.24) is 0 Å².